The van der Waals surface area contributed by atoms with E-state index >= 15 is 0 Å². The van der Waals surface area contributed by atoms with E-state index in [1.807, 2.05) is 24.4 Å². The van der Waals surface area contributed by atoms with Crippen LogP contribution in [0.1, 0.15) is 5.69 Å². The second kappa shape index (κ2) is 6.23. The highest BCUT2D eigenvalue weighted by molar-refractivity contribution is 14.0. The van der Waals surface area contributed by atoms with Gasteiger partial charge in [-0.3, -0.25) is 4.99 Å². The molecule has 1 N–H and O–H groups in total. The van der Waals surface area contributed by atoms with Gasteiger partial charge >= 0.3 is 0 Å². The first-order chi connectivity index (χ1) is 8.83. The van der Waals surface area contributed by atoms with Crippen molar-refractivity contribution in [1.82, 2.24) is 19.6 Å². The first kappa shape index (κ1) is 14.1. The molecule has 2 aromatic heterocycles. The lowest BCUT2D eigenvalue weighted by atomic mass is 10.3. The van der Waals surface area contributed by atoms with Crippen LogP contribution in [0.3, 0.4) is 0 Å². The van der Waals surface area contributed by atoms with Crippen LogP contribution in [0.4, 0.5) is 0 Å². The van der Waals surface area contributed by atoms with Crippen molar-refractivity contribution in [3.63, 3.8) is 0 Å². The zero-order valence-electron chi connectivity index (χ0n) is 10.9. The van der Waals surface area contributed by atoms with E-state index < -0.39 is 0 Å². The van der Waals surface area contributed by atoms with E-state index in [4.69, 9.17) is 0 Å². The molecule has 0 saturated heterocycles. The van der Waals surface area contributed by atoms with Gasteiger partial charge in [-0.1, -0.05) is 6.07 Å². The fourth-order valence-corrected chi connectivity index (χ4v) is 2.13. The van der Waals surface area contributed by atoms with Crippen molar-refractivity contribution in [2.24, 2.45) is 4.99 Å². The predicted molar refractivity (Wildman–Crippen MR) is 87.2 cm³/mol. The van der Waals surface area contributed by atoms with Gasteiger partial charge < -0.3 is 14.6 Å². The van der Waals surface area contributed by atoms with Crippen LogP contribution in [0.25, 0.3) is 5.65 Å². The van der Waals surface area contributed by atoms with Crippen molar-refractivity contribution in [2.45, 2.75) is 6.42 Å². The fraction of sp³-hybridized carbons (Fsp3) is 0.385. The van der Waals surface area contributed by atoms with Gasteiger partial charge in [0, 0.05) is 39.0 Å². The number of guanidine groups is 1. The van der Waals surface area contributed by atoms with Crippen molar-refractivity contribution in [2.75, 3.05) is 26.7 Å². The molecule has 1 aliphatic rings. The molecule has 2 aromatic rings. The minimum Gasteiger partial charge on any atom is -0.356 e. The zero-order chi connectivity index (χ0) is 12.4. The van der Waals surface area contributed by atoms with Crippen LogP contribution in [0.15, 0.2) is 35.6 Å². The largest absolute Gasteiger partial charge is 0.356 e. The highest BCUT2D eigenvalue weighted by Gasteiger charge is 2.11. The van der Waals surface area contributed by atoms with Gasteiger partial charge in [-0.25, -0.2) is 4.98 Å². The van der Waals surface area contributed by atoms with E-state index in [-0.39, 0.29) is 24.0 Å². The summed E-state index contributed by atoms with van der Waals surface area (Å²) < 4.78 is 2.05. The highest BCUT2D eigenvalue weighted by Crippen LogP contribution is 2.04. The van der Waals surface area contributed by atoms with E-state index in [1.165, 1.54) is 0 Å². The third-order valence-electron chi connectivity index (χ3n) is 3.14. The molecule has 0 fully saturated rings. The minimum atomic E-state index is 0. The maximum absolute atomic E-state index is 4.57. The second-order valence-corrected chi connectivity index (χ2v) is 4.50. The number of pyridine rings is 1. The summed E-state index contributed by atoms with van der Waals surface area (Å²) in [4.78, 5) is 11.1. The maximum atomic E-state index is 4.57. The Labute approximate surface area is 129 Å². The first-order valence-corrected chi connectivity index (χ1v) is 6.25. The van der Waals surface area contributed by atoms with Crippen LogP contribution >= 0.6 is 24.0 Å². The Kier molecular flexibility index (Phi) is 4.62. The molecule has 3 heterocycles. The summed E-state index contributed by atoms with van der Waals surface area (Å²) in [5.74, 6) is 0.999. The van der Waals surface area contributed by atoms with E-state index in [0.29, 0.717) is 0 Å². The minimum absolute atomic E-state index is 0. The summed E-state index contributed by atoms with van der Waals surface area (Å²) in [6.45, 7) is 2.77. The summed E-state index contributed by atoms with van der Waals surface area (Å²) in [5.41, 5.74) is 2.11. The molecule has 0 saturated carbocycles. The highest BCUT2D eigenvalue weighted by atomic mass is 127. The Bertz CT molecular complexity index is 544. The number of aromatic nitrogens is 2. The van der Waals surface area contributed by atoms with Crippen LogP contribution in [0.2, 0.25) is 0 Å². The lowest BCUT2D eigenvalue weighted by Crippen LogP contribution is -2.36. The molecular weight excluding hydrogens is 353 g/mol. The van der Waals surface area contributed by atoms with Crippen molar-refractivity contribution in [3.05, 3.63) is 36.3 Å². The zero-order valence-corrected chi connectivity index (χ0v) is 13.2. The molecule has 6 heteroatoms. The number of nitrogens with one attached hydrogen (secondary N) is 1. The Balaban J connectivity index is 0.00000133. The Morgan fingerprint density at radius 1 is 1.37 bits per heavy atom. The van der Waals surface area contributed by atoms with Gasteiger partial charge in [-0.05, 0) is 12.1 Å². The maximum Gasteiger partial charge on any atom is 0.193 e. The molecule has 5 nitrogen and oxygen atoms in total. The Morgan fingerprint density at radius 3 is 3.00 bits per heavy atom. The molecule has 0 amide bonds. The number of aliphatic imine (C=N–C) groups is 1. The van der Waals surface area contributed by atoms with Crippen LogP contribution in [0, 0.1) is 0 Å². The summed E-state index contributed by atoms with van der Waals surface area (Å²) in [5, 5.41) is 3.35. The SMILES string of the molecule is CN1CCN=C1NCCc1cn2ccccc2n1.I. The van der Waals surface area contributed by atoms with Gasteiger partial charge in [0.15, 0.2) is 5.96 Å². The normalized spacial score (nSPS) is 14.4. The average Bonchev–Trinajstić information content (AvgIpc) is 2.96. The van der Waals surface area contributed by atoms with Crippen LogP contribution in [-0.4, -0.2) is 46.9 Å². The van der Waals surface area contributed by atoms with Gasteiger partial charge in [0.2, 0.25) is 0 Å². The van der Waals surface area contributed by atoms with E-state index in [1.54, 1.807) is 0 Å². The molecule has 0 aromatic carbocycles. The Hall–Kier alpha value is -1.31. The number of hydrogen-bond donors (Lipinski definition) is 1. The third-order valence-corrected chi connectivity index (χ3v) is 3.14. The van der Waals surface area contributed by atoms with E-state index in [0.717, 1.165) is 43.4 Å². The molecule has 0 aliphatic carbocycles. The fourth-order valence-electron chi connectivity index (χ4n) is 2.13. The third kappa shape index (κ3) is 3.17. The van der Waals surface area contributed by atoms with Crippen molar-refractivity contribution < 1.29 is 0 Å². The lowest BCUT2D eigenvalue weighted by molar-refractivity contribution is 0.534. The smallest absolute Gasteiger partial charge is 0.193 e. The van der Waals surface area contributed by atoms with E-state index in [2.05, 4.69) is 37.8 Å². The Morgan fingerprint density at radius 2 is 2.26 bits per heavy atom. The van der Waals surface area contributed by atoms with Crippen LogP contribution in [0.5, 0.6) is 0 Å². The number of imidazole rings is 1. The molecule has 1 aliphatic heterocycles. The molecule has 0 atom stereocenters. The first-order valence-electron chi connectivity index (χ1n) is 6.25. The number of nitrogens with zero attached hydrogens (tertiary/aromatic N) is 4. The molecule has 102 valence electrons. The number of hydrogen-bond acceptors (Lipinski definition) is 4. The van der Waals surface area contributed by atoms with Crippen molar-refractivity contribution in [1.29, 1.82) is 0 Å². The molecule has 0 unspecified atom stereocenters. The van der Waals surface area contributed by atoms with Crippen LogP contribution in [-0.2, 0) is 6.42 Å². The molecular formula is C13H18IN5. The molecule has 0 bridgehead atoms. The summed E-state index contributed by atoms with van der Waals surface area (Å²) in [6.07, 6.45) is 5.01. The monoisotopic (exact) mass is 371 g/mol. The predicted octanol–water partition coefficient (Wildman–Crippen LogP) is 1.39. The standard InChI is InChI=1S/C13H17N5.HI/c1-17-9-7-15-13(17)14-6-5-11-10-18-8-3-2-4-12(18)16-11;/h2-4,8,10H,5-7,9H2,1H3,(H,14,15);1H. The van der Waals surface area contributed by atoms with Gasteiger partial charge in [0.1, 0.15) is 5.65 Å². The van der Waals surface area contributed by atoms with E-state index in [9.17, 15) is 0 Å². The quantitative estimate of drug-likeness (QED) is 0.830. The second-order valence-electron chi connectivity index (χ2n) is 4.50. The number of rotatable bonds is 3. The summed E-state index contributed by atoms with van der Waals surface area (Å²) in [7, 11) is 2.06. The molecule has 19 heavy (non-hydrogen) atoms. The topological polar surface area (TPSA) is 44.9 Å². The van der Waals surface area contributed by atoms with Crippen LogP contribution < -0.4 is 5.32 Å². The molecule has 3 rings (SSSR count). The van der Waals surface area contributed by atoms with Gasteiger partial charge in [-0.15, -0.1) is 24.0 Å². The van der Waals surface area contributed by atoms with Gasteiger partial charge in [0.25, 0.3) is 0 Å². The number of fused-ring (bicyclic) bond motifs is 1. The van der Waals surface area contributed by atoms with Gasteiger partial charge in [0.05, 0.1) is 12.2 Å². The van der Waals surface area contributed by atoms with Gasteiger partial charge in [-0.2, -0.15) is 0 Å². The molecule has 0 spiro atoms. The lowest BCUT2D eigenvalue weighted by Gasteiger charge is -2.14. The average molecular weight is 371 g/mol. The number of halogens is 1. The number of likely N-dealkylation sites (N-methyl/N-ethyl adjacent to an activating group) is 1. The summed E-state index contributed by atoms with van der Waals surface area (Å²) in [6, 6.07) is 6.04. The van der Waals surface area contributed by atoms with Crippen molar-refractivity contribution >= 4 is 35.6 Å². The molecule has 0 radical (unpaired) electrons. The van der Waals surface area contributed by atoms with Crippen molar-refractivity contribution in [3.8, 4) is 0 Å². The summed E-state index contributed by atoms with van der Waals surface area (Å²) >= 11 is 0.